The summed E-state index contributed by atoms with van der Waals surface area (Å²) in [6, 6.07) is 19.3. The van der Waals surface area contributed by atoms with Crippen LogP contribution in [-0.4, -0.2) is 28.7 Å². The molecule has 0 unspecified atom stereocenters. The van der Waals surface area contributed by atoms with Crippen molar-refractivity contribution in [1.82, 2.24) is 0 Å². The number of rotatable bonds is 5. The Morgan fingerprint density at radius 2 is 1.57 bits per heavy atom. The van der Waals surface area contributed by atoms with Crippen LogP contribution in [0.15, 0.2) is 66.7 Å². The van der Waals surface area contributed by atoms with Crippen LogP contribution in [0.1, 0.15) is 27.4 Å². The number of amides is 1. The zero-order valence-electron chi connectivity index (χ0n) is 15.6. The Labute approximate surface area is 170 Å². The standard InChI is InChI=1S/C22H16N2O6/c25-21(26)20-18(10-5-11-19(20)24(28)29)23-22(27)30-12-17-15-8-3-1-6-13(15)14-7-2-4-9-16(14)17/h1-11,17H,12H2,(H,23,27)(H,25,26). The molecule has 8 heteroatoms. The van der Waals surface area contributed by atoms with Gasteiger partial charge in [-0.05, 0) is 28.3 Å². The molecule has 0 aliphatic heterocycles. The first-order valence-corrected chi connectivity index (χ1v) is 9.10. The highest BCUT2D eigenvalue weighted by Gasteiger charge is 2.29. The first kappa shape index (κ1) is 19.1. The molecule has 3 aromatic carbocycles. The van der Waals surface area contributed by atoms with Gasteiger partial charge in [-0.3, -0.25) is 15.4 Å². The number of hydrogen-bond donors (Lipinski definition) is 2. The van der Waals surface area contributed by atoms with Gasteiger partial charge < -0.3 is 9.84 Å². The van der Waals surface area contributed by atoms with Crippen molar-refractivity contribution in [2.24, 2.45) is 0 Å². The van der Waals surface area contributed by atoms with Gasteiger partial charge in [0.1, 0.15) is 6.61 Å². The van der Waals surface area contributed by atoms with Crippen molar-refractivity contribution in [2.75, 3.05) is 11.9 Å². The Hall–Kier alpha value is -4.20. The van der Waals surface area contributed by atoms with Crippen LogP contribution in [0.2, 0.25) is 0 Å². The summed E-state index contributed by atoms with van der Waals surface area (Å²) in [5, 5.41) is 22.7. The Morgan fingerprint density at radius 1 is 0.967 bits per heavy atom. The Balaban J connectivity index is 1.54. The van der Waals surface area contributed by atoms with E-state index in [4.69, 9.17) is 4.74 Å². The fourth-order valence-corrected chi connectivity index (χ4v) is 3.77. The molecule has 0 spiro atoms. The zero-order chi connectivity index (χ0) is 21.3. The highest BCUT2D eigenvalue weighted by Crippen LogP contribution is 2.44. The van der Waals surface area contributed by atoms with Gasteiger partial charge in [-0.1, -0.05) is 54.6 Å². The molecule has 0 fully saturated rings. The molecule has 3 aromatic rings. The van der Waals surface area contributed by atoms with E-state index in [0.717, 1.165) is 28.3 Å². The number of ether oxygens (including phenoxy) is 1. The number of anilines is 1. The minimum atomic E-state index is -1.52. The average molecular weight is 404 g/mol. The van der Waals surface area contributed by atoms with Crippen LogP contribution < -0.4 is 5.32 Å². The number of carbonyl (C=O) groups excluding carboxylic acids is 1. The van der Waals surface area contributed by atoms with Crippen molar-refractivity contribution in [2.45, 2.75) is 5.92 Å². The summed E-state index contributed by atoms with van der Waals surface area (Å²) in [4.78, 5) is 34.1. The second-order valence-corrected chi connectivity index (χ2v) is 6.71. The Morgan fingerprint density at radius 3 is 2.13 bits per heavy atom. The van der Waals surface area contributed by atoms with E-state index >= 15 is 0 Å². The van der Waals surface area contributed by atoms with E-state index in [1.165, 1.54) is 12.1 Å². The molecule has 1 aliphatic rings. The number of hydrogen-bond acceptors (Lipinski definition) is 5. The van der Waals surface area contributed by atoms with E-state index < -0.39 is 28.2 Å². The smallest absolute Gasteiger partial charge is 0.411 e. The number of nitro benzene ring substituents is 1. The second-order valence-electron chi connectivity index (χ2n) is 6.71. The fourth-order valence-electron chi connectivity index (χ4n) is 3.77. The zero-order valence-corrected chi connectivity index (χ0v) is 15.6. The van der Waals surface area contributed by atoms with Gasteiger partial charge in [0.25, 0.3) is 5.69 Å². The van der Waals surface area contributed by atoms with Crippen molar-refractivity contribution in [3.05, 3.63) is 93.5 Å². The molecule has 150 valence electrons. The predicted molar refractivity (Wildman–Crippen MR) is 109 cm³/mol. The molecule has 4 rings (SSSR count). The van der Waals surface area contributed by atoms with Gasteiger partial charge in [0.05, 0.1) is 10.6 Å². The average Bonchev–Trinajstić information content (AvgIpc) is 3.05. The summed E-state index contributed by atoms with van der Waals surface area (Å²) < 4.78 is 5.37. The normalized spacial score (nSPS) is 12.0. The van der Waals surface area contributed by atoms with Gasteiger partial charge in [0, 0.05) is 12.0 Å². The van der Waals surface area contributed by atoms with Crippen LogP contribution in [0, 0.1) is 10.1 Å². The molecular weight excluding hydrogens is 388 g/mol. The van der Waals surface area contributed by atoms with Crippen LogP contribution in [0.25, 0.3) is 11.1 Å². The quantitative estimate of drug-likeness (QED) is 0.472. The van der Waals surface area contributed by atoms with Crippen LogP contribution in [0.3, 0.4) is 0 Å². The molecule has 0 saturated heterocycles. The van der Waals surface area contributed by atoms with E-state index in [1.54, 1.807) is 0 Å². The molecule has 0 heterocycles. The van der Waals surface area contributed by atoms with Crippen molar-refractivity contribution in [1.29, 1.82) is 0 Å². The molecule has 0 aromatic heterocycles. The SMILES string of the molecule is O=C(Nc1cccc([N+](=O)[O-])c1C(=O)O)OCC1c2ccccc2-c2ccccc21. The molecule has 1 amide bonds. The molecule has 0 saturated carbocycles. The van der Waals surface area contributed by atoms with Crippen LogP contribution in [0.4, 0.5) is 16.2 Å². The third-order valence-corrected chi connectivity index (χ3v) is 5.03. The molecule has 1 aliphatic carbocycles. The number of carbonyl (C=O) groups is 2. The summed E-state index contributed by atoms with van der Waals surface area (Å²) in [6.07, 6.45) is -0.889. The lowest BCUT2D eigenvalue weighted by molar-refractivity contribution is -0.385. The lowest BCUT2D eigenvalue weighted by Gasteiger charge is -2.15. The summed E-state index contributed by atoms with van der Waals surface area (Å²) in [6.45, 7) is 0.0389. The summed E-state index contributed by atoms with van der Waals surface area (Å²) in [5.41, 5.74) is 2.81. The fraction of sp³-hybridized carbons (Fsp3) is 0.0909. The van der Waals surface area contributed by atoms with E-state index in [1.807, 2.05) is 48.5 Å². The van der Waals surface area contributed by atoms with E-state index in [9.17, 15) is 24.8 Å². The summed E-state index contributed by atoms with van der Waals surface area (Å²) in [7, 11) is 0. The minimum Gasteiger partial charge on any atom is -0.477 e. The van der Waals surface area contributed by atoms with Crippen molar-refractivity contribution < 1.29 is 24.4 Å². The largest absolute Gasteiger partial charge is 0.477 e. The molecule has 0 radical (unpaired) electrons. The lowest BCUT2D eigenvalue weighted by atomic mass is 9.98. The molecular formula is C22H16N2O6. The molecule has 0 atom stereocenters. The highest BCUT2D eigenvalue weighted by atomic mass is 16.6. The van der Waals surface area contributed by atoms with Gasteiger partial charge in [-0.2, -0.15) is 0 Å². The number of carboxylic acids is 1. The summed E-state index contributed by atoms with van der Waals surface area (Å²) >= 11 is 0. The Kier molecular flexibility index (Phi) is 4.89. The first-order valence-electron chi connectivity index (χ1n) is 9.10. The first-order chi connectivity index (χ1) is 14.5. The Bertz CT molecular complexity index is 1130. The maximum absolute atomic E-state index is 12.4. The lowest BCUT2D eigenvalue weighted by Crippen LogP contribution is -2.19. The van der Waals surface area contributed by atoms with Gasteiger partial charge >= 0.3 is 12.1 Å². The van der Waals surface area contributed by atoms with Crippen LogP contribution in [0.5, 0.6) is 0 Å². The molecule has 8 nitrogen and oxygen atoms in total. The maximum atomic E-state index is 12.4. The monoisotopic (exact) mass is 404 g/mol. The number of carboxylic acid groups (broad SMARTS) is 1. The third-order valence-electron chi connectivity index (χ3n) is 5.03. The molecule has 2 N–H and O–H groups in total. The van der Waals surface area contributed by atoms with Gasteiger partial charge in [0.15, 0.2) is 5.56 Å². The van der Waals surface area contributed by atoms with Gasteiger partial charge in [-0.15, -0.1) is 0 Å². The maximum Gasteiger partial charge on any atom is 0.411 e. The predicted octanol–water partition coefficient (Wildman–Crippen LogP) is 4.65. The number of nitrogens with zero attached hydrogens (tertiary/aromatic N) is 1. The number of nitro groups is 1. The number of nitrogens with one attached hydrogen (secondary N) is 1. The topological polar surface area (TPSA) is 119 Å². The van der Waals surface area contributed by atoms with E-state index in [0.29, 0.717) is 0 Å². The summed E-state index contributed by atoms with van der Waals surface area (Å²) in [5.74, 6) is -1.68. The van der Waals surface area contributed by atoms with Gasteiger partial charge in [-0.25, -0.2) is 9.59 Å². The second kappa shape index (κ2) is 7.67. The van der Waals surface area contributed by atoms with Crippen molar-refractivity contribution >= 4 is 23.4 Å². The van der Waals surface area contributed by atoms with E-state index in [-0.39, 0.29) is 18.2 Å². The number of aromatic carboxylic acids is 1. The van der Waals surface area contributed by atoms with Gasteiger partial charge in [0.2, 0.25) is 0 Å². The van der Waals surface area contributed by atoms with Crippen molar-refractivity contribution in [3.8, 4) is 11.1 Å². The van der Waals surface area contributed by atoms with Crippen molar-refractivity contribution in [3.63, 3.8) is 0 Å². The minimum absolute atomic E-state index is 0.0389. The van der Waals surface area contributed by atoms with E-state index in [2.05, 4.69) is 5.32 Å². The number of fused-ring (bicyclic) bond motifs is 3. The van der Waals surface area contributed by atoms with Crippen LogP contribution >= 0.6 is 0 Å². The third kappa shape index (κ3) is 3.35. The molecule has 0 bridgehead atoms. The molecule has 30 heavy (non-hydrogen) atoms. The highest BCUT2D eigenvalue weighted by molar-refractivity contribution is 6.02. The van der Waals surface area contributed by atoms with Crippen LogP contribution in [-0.2, 0) is 4.74 Å². The number of benzene rings is 3.